The summed E-state index contributed by atoms with van der Waals surface area (Å²) in [6, 6.07) is 2.36. The Labute approximate surface area is 107 Å². The standard InChI is InChI=1S/C11H11ClF3NO2/c1-6(2)16(10(17)18)7-3-4-9(12)8(5-7)11(13,14)15/h3-6H,1-2H3,(H,17,18)/p-1. The lowest BCUT2D eigenvalue weighted by Crippen LogP contribution is -2.45. The van der Waals surface area contributed by atoms with Crippen LogP contribution in [0.1, 0.15) is 19.4 Å². The van der Waals surface area contributed by atoms with Gasteiger partial charge in [0, 0.05) is 11.7 Å². The Balaban J connectivity index is 3.31. The molecular weight excluding hydrogens is 271 g/mol. The quantitative estimate of drug-likeness (QED) is 0.836. The fourth-order valence-electron chi connectivity index (χ4n) is 1.49. The topological polar surface area (TPSA) is 43.4 Å². The van der Waals surface area contributed by atoms with E-state index in [1.165, 1.54) is 19.9 Å². The molecular formula is C11H10ClF3NO2-. The zero-order valence-corrected chi connectivity index (χ0v) is 10.3. The van der Waals surface area contributed by atoms with Crippen LogP contribution in [0.2, 0.25) is 5.02 Å². The molecule has 0 fully saturated rings. The molecule has 0 radical (unpaired) electrons. The maximum Gasteiger partial charge on any atom is 0.417 e. The smallest absolute Gasteiger partial charge is 0.417 e. The van der Waals surface area contributed by atoms with Crippen molar-refractivity contribution in [2.75, 3.05) is 4.90 Å². The summed E-state index contributed by atoms with van der Waals surface area (Å²) in [5, 5.41) is 10.4. The number of rotatable bonds is 2. The zero-order chi connectivity index (χ0) is 14.1. The molecule has 18 heavy (non-hydrogen) atoms. The predicted octanol–water partition coefficient (Wildman–Crippen LogP) is 2.92. The minimum Gasteiger partial charge on any atom is -0.530 e. The van der Waals surface area contributed by atoms with Crippen molar-refractivity contribution < 1.29 is 23.1 Å². The van der Waals surface area contributed by atoms with Gasteiger partial charge in [-0.25, -0.2) is 0 Å². The number of nitrogens with zero attached hydrogens (tertiary/aromatic N) is 1. The largest absolute Gasteiger partial charge is 0.530 e. The molecule has 0 saturated carbocycles. The van der Waals surface area contributed by atoms with Crippen LogP contribution >= 0.6 is 11.6 Å². The molecule has 0 aromatic heterocycles. The molecule has 1 aromatic rings. The van der Waals surface area contributed by atoms with Crippen LogP contribution in [0, 0.1) is 0 Å². The van der Waals surface area contributed by atoms with Crippen LogP contribution in [-0.4, -0.2) is 12.1 Å². The molecule has 1 amide bonds. The van der Waals surface area contributed by atoms with E-state index in [2.05, 4.69) is 0 Å². The Kier molecular flexibility index (Phi) is 4.11. The van der Waals surface area contributed by atoms with Gasteiger partial charge in [-0.3, -0.25) is 0 Å². The third-order valence-corrected chi connectivity index (χ3v) is 2.58. The van der Waals surface area contributed by atoms with Gasteiger partial charge in [-0.2, -0.15) is 13.2 Å². The lowest BCUT2D eigenvalue weighted by atomic mass is 10.1. The zero-order valence-electron chi connectivity index (χ0n) is 9.58. The Morgan fingerprint density at radius 2 is 1.94 bits per heavy atom. The van der Waals surface area contributed by atoms with Crippen LogP contribution in [0.3, 0.4) is 0 Å². The molecule has 0 saturated heterocycles. The summed E-state index contributed by atoms with van der Waals surface area (Å²) in [5.41, 5.74) is -1.20. The number of hydrogen-bond acceptors (Lipinski definition) is 2. The van der Waals surface area contributed by atoms with Gasteiger partial charge in [0.2, 0.25) is 0 Å². The van der Waals surface area contributed by atoms with Crippen LogP contribution < -0.4 is 10.0 Å². The summed E-state index contributed by atoms with van der Waals surface area (Å²) in [5.74, 6) is 0. The van der Waals surface area contributed by atoms with Gasteiger partial charge >= 0.3 is 6.18 Å². The average molecular weight is 281 g/mol. The van der Waals surface area contributed by atoms with E-state index in [1.807, 2.05) is 0 Å². The molecule has 0 aliphatic rings. The molecule has 0 aliphatic heterocycles. The highest BCUT2D eigenvalue weighted by atomic mass is 35.5. The second-order valence-electron chi connectivity index (χ2n) is 3.89. The minimum absolute atomic E-state index is 0.123. The van der Waals surface area contributed by atoms with Crippen LogP contribution in [0.4, 0.5) is 23.7 Å². The van der Waals surface area contributed by atoms with Crippen molar-refractivity contribution >= 4 is 23.4 Å². The average Bonchev–Trinajstić information content (AvgIpc) is 2.17. The third-order valence-electron chi connectivity index (χ3n) is 2.25. The molecule has 0 atom stereocenters. The maximum atomic E-state index is 12.6. The Morgan fingerprint density at radius 3 is 2.33 bits per heavy atom. The van der Waals surface area contributed by atoms with Gasteiger partial charge in [-0.05, 0) is 32.0 Å². The minimum atomic E-state index is -4.64. The van der Waals surface area contributed by atoms with Gasteiger partial charge in [0.15, 0.2) is 0 Å². The molecule has 0 aliphatic carbocycles. The highest BCUT2D eigenvalue weighted by Crippen LogP contribution is 2.37. The number of benzene rings is 1. The molecule has 0 spiro atoms. The first-order valence-electron chi connectivity index (χ1n) is 5.01. The number of alkyl halides is 3. The fourth-order valence-corrected chi connectivity index (χ4v) is 1.72. The summed E-state index contributed by atoms with van der Waals surface area (Å²) in [6.45, 7) is 3.05. The Morgan fingerprint density at radius 1 is 1.39 bits per heavy atom. The second-order valence-corrected chi connectivity index (χ2v) is 4.30. The van der Waals surface area contributed by atoms with E-state index in [4.69, 9.17) is 11.6 Å². The van der Waals surface area contributed by atoms with Crippen LogP contribution in [0.5, 0.6) is 0 Å². The normalized spacial score (nSPS) is 11.7. The molecule has 1 rings (SSSR count). The molecule has 100 valence electrons. The number of carbonyl (C=O) groups excluding carboxylic acids is 1. The first kappa shape index (κ1) is 14.6. The summed E-state index contributed by atoms with van der Waals surface area (Å²) < 4.78 is 37.9. The highest BCUT2D eigenvalue weighted by Gasteiger charge is 2.34. The SMILES string of the molecule is CC(C)N(C(=O)[O-])c1ccc(Cl)c(C(F)(F)F)c1. The van der Waals surface area contributed by atoms with Crippen molar-refractivity contribution in [2.24, 2.45) is 0 Å². The molecule has 0 heterocycles. The van der Waals surface area contributed by atoms with E-state index in [-0.39, 0.29) is 5.69 Å². The van der Waals surface area contributed by atoms with Gasteiger partial charge in [0.25, 0.3) is 0 Å². The number of hydrogen-bond donors (Lipinski definition) is 0. The third kappa shape index (κ3) is 3.07. The number of amides is 1. The first-order valence-corrected chi connectivity index (χ1v) is 5.39. The van der Waals surface area contributed by atoms with Gasteiger partial charge < -0.3 is 14.8 Å². The van der Waals surface area contributed by atoms with E-state index >= 15 is 0 Å². The second kappa shape index (κ2) is 5.06. The maximum absolute atomic E-state index is 12.6. The lowest BCUT2D eigenvalue weighted by molar-refractivity contribution is -0.247. The van der Waals surface area contributed by atoms with Crippen molar-refractivity contribution in [3.05, 3.63) is 28.8 Å². The van der Waals surface area contributed by atoms with Gasteiger partial charge in [-0.1, -0.05) is 11.6 Å². The van der Waals surface area contributed by atoms with Crippen molar-refractivity contribution in [3.63, 3.8) is 0 Å². The van der Waals surface area contributed by atoms with Crippen molar-refractivity contribution in [1.82, 2.24) is 0 Å². The summed E-state index contributed by atoms with van der Waals surface area (Å²) in [6.07, 6.45) is -6.21. The van der Waals surface area contributed by atoms with E-state index < -0.39 is 28.9 Å². The van der Waals surface area contributed by atoms with E-state index in [9.17, 15) is 23.1 Å². The van der Waals surface area contributed by atoms with Gasteiger partial charge in [0.1, 0.15) is 6.09 Å². The van der Waals surface area contributed by atoms with Gasteiger partial charge in [0.05, 0.1) is 10.6 Å². The van der Waals surface area contributed by atoms with Crippen molar-refractivity contribution in [1.29, 1.82) is 0 Å². The molecule has 7 heteroatoms. The molecule has 1 aromatic carbocycles. The highest BCUT2D eigenvalue weighted by molar-refractivity contribution is 6.31. The summed E-state index contributed by atoms with van der Waals surface area (Å²) in [7, 11) is 0. The van der Waals surface area contributed by atoms with Crippen LogP contribution in [0.15, 0.2) is 18.2 Å². The summed E-state index contributed by atoms with van der Waals surface area (Å²) in [4.78, 5) is 11.6. The monoisotopic (exact) mass is 280 g/mol. The number of carboxylic acid groups (broad SMARTS) is 1. The fraction of sp³-hybridized carbons (Fsp3) is 0.364. The molecule has 0 unspecified atom stereocenters. The number of anilines is 1. The van der Waals surface area contributed by atoms with E-state index in [1.54, 1.807) is 0 Å². The molecule has 0 N–H and O–H groups in total. The van der Waals surface area contributed by atoms with Crippen LogP contribution in [0.25, 0.3) is 0 Å². The van der Waals surface area contributed by atoms with Crippen molar-refractivity contribution in [2.45, 2.75) is 26.1 Å². The Bertz CT molecular complexity index is 460. The number of carbonyl (C=O) groups is 1. The van der Waals surface area contributed by atoms with E-state index in [0.29, 0.717) is 6.07 Å². The molecule has 0 bridgehead atoms. The van der Waals surface area contributed by atoms with E-state index in [0.717, 1.165) is 11.0 Å². The predicted molar refractivity (Wildman–Crippen MR) is 59.5 cm³/mol. The summed E-state index contributed by atoms with van der Waals surface area (Å²) >= 11 is 5.44. The molecule has 3 nitrogen and oxygen atoms in total. The Hall–Kier alpha value is -1.43. The van der Waals surface area contributed by atoms with Gasteiger partial charge in [-0.15, -0.1) is 0 Å². The number of halogens is 4. The first-order chi connectivity index (χ1) is 8.14. The van der Waals surface area contributed by atoms with Crippen LogP contribution in [-0.2, 0) is 6.18 Å². The van der Waals surface area contributed by atoms with Crippen molar-refractivity contribution in [3.8, 4) is 0 Å². The lowest BCUT2D eigenvalue weighted by Gasteiger charge is -2.29.